The van der Waals surface area contributed by atoms with Crippen LogP contribution in [-0.2, 0) is 17.5 Å². The first-order valence-corrected chi connectivity index (χ1v) is 10.7. The lowest BCUT2D eigenvalue weighted by atomic mass is 9.92. The molecule has 0 N–H and O–H groups in total. The lowest BCUT2D eigenvalue weighted by molar-refractivity contribution is -0.136. The summed E-state index contributed by atoms with van der Waals surface area (Å²) in [6.07, 6.45) is -2.90. The van der Waals surface area contributed by atoms with E-state index in [1.54, 1.807) is 4.90 Å². The Balaban J connectivity index is 1.52. The molecule has 1 aliphatic rings. The Bertz CT molecular complexity index is 1160. The van der Waals surface area contributed by atoms with E-state index < -0.39 is 11.7 Å². The molecule has 1 amide bonds. The molecule has 1 aliphatic heterocycles. The minimum Gasteiger partial charge on any atom is -0.342 e. The SMILES string of the molecule is Cc1nn(CCC(=O)N2CCC[C@@H](c3cc(C(F)(F)F)c4c(C)noc4n3)C2)c(C)c1C. The van der Waals surface area contributed by atoms with Crippen molar-refractivity contribution >= 4 is 17.0 Å². The number of fused-ring (bicyclic) bond motifs is 1. The van der Waals surface area contributed by atoms with Crippen molar-refractivity contribution in [3.8, 4) is 0 Å². The maximum Gasteiger partial charge on any atom is 0.417 e. The van der Waals surface area contributed by atoms with Crippen molar-refractivity contribution in [1.82, 2.24) is 24.8 Å². The zero-order chi connectivity index (χ0) is 23.2. The first-order valence-electron chi connectivity index (χ1n) is 10.7. The van der Waals surface area contributed by atoms with Crippen LogP contribution in [0.4, 0.5) is 13.2 Å². The molecule has 4 rings (SSSR count). The normalized spacial score (nSPS) is 17.3. The molecular weight excluding hydrogens is 423 g/mol. The maximum atomic E-state index is 13.7. The van der Waals surface area contributed by atoms with E-state index in [1.165, 1.54) is 6.92 Å². The highest BCUT2D eigenvalue weighted by molar-refractivity contribution is 5.81. The highest BCUT2D eigenvalue weighted by Gasteiger charge is 2.37. The lowest BCUT2D eigenvalue weighted by Crippen LogP contribution is -2.39. The van der Waals surface area contributed by atoms with Crippen LogP contribution in [0.25, 0.3) is 11.1 Å². The molecule has 0 radical (unpaired) electrons. The van der Waals surface area contributed by atoms with Gasteiger partial charge in [-0.25, -0.2) is 4.98 Å². The topological polar surface area (TPSA) is 77.0 Å². The molecule has 0 spiro atoms. The third kappa shape index (κ3) is 4.10. The smallest absolute Gasteiger partial charge is 0.342 e. The summed E-state index contributed by atoms with van der Waals surface area (Å²) in [5.41, 5.74) is 2.62. The fourth-order valence-corrected chi connectivity index (χ4v) is 4.36. The summed E-state index contributed by atoms with van der Waals surface area (Å²) in [5, 5.41) is 8.02. The predicted octanol–water partition coefficient (Wildman–Crippen LogP) is 4.47. The van der Waals surface area contributed by atoms with E-state index in [2.05, 4.69) is 15.2 Å². The van der Waals surface area contributed by atoms with Crippen molar-refractivity contribution in [3.63, 3.8) is 0 Å². The summed E-state index contributed by atoms with van der Waals surface area (Å²) in [4.78, 5) is 18.9. The molecule has 10 heteroatoms. The van der Waals surface area contributed by atoms with Gasteiger partial charge < -0.3 is 9.42 Å². The summed E-state index contributed by atoms with van der Waals surface area (Å²) in [6.45, 7) is 8.76. The Morgan fingerprint density at radius 3 is 2.62 bits per heavy atom. The van der Waals surface area contributed by atoms with Gasteiger partial charge in [-0.15, -0.1) is 0 Å². The Morgan fingerprint density at radius 2 is 1.97 bits per heavy atom. The average Bonchev–Trinajstić information content (AvgIpc) is 3.25. The van der Waals surface area contributed by atoms with Gasteiger partial charge in [0.2, 0.25) is 5.91 Å². The van der Waals surface area contributed by atoms with Crippen LogP contribution in [0.3, 0.4) is 0 Å². The van der Waals surface area contributed by atoms with E-state index in [4.69, 9.17) is 4.52 Å². The fraction of sp³-hybridized carbons (Fsp3) is 0.545. The van der Waals surface area contributed by atoms with Crippen LogP contribution in [0, 0.1) is 27.7 Å². The number of nitrogens with zero attached hydrogens (tertiary/aromatic N) is 5. The van der Waals surface area contributed by atoms with E-state index in [9.17, 15) is 18.0 Å². The van der Waals surface area contributed by atoms with Gasteiger partial charge in [-0.1, -0.05) is 5.16 Å². The number of likely N-dealkylation sites (tertiary alicyclic amines) is 1. The number of pyridine rings is 1. The van der Waals surface area contributed by atoms with Gasteiger partial charge in [0.15, 0.2) is 0 Å². The van der Waals surface area contributed by atoms with Gasteiger partial charge >= 0.3 is 6.18 Å². The fourth-order valence-electron chi connectivity index (χ4n) is 4.36. The van der Waals surface area contributed by atoms with Gasteiger partial charge in [0, 0.05) is 37.7 Å². The van der Waals surface area contributed by atoms with Crippen LogP contribution in [0.15, 0.2) is 10.6 Å². The van der Waals surface area contributed by atoms with Crippen LogP contribution in [0.5, 0.6) is 0 Å². The van der Waals surface area contributed by atoms with Crippen LogP contribution < -0.4 is 0 Å². The molecular formula is C22H26F3N5O2. The Labute approximate surface area is 183 Å². The summed E-state index contributed by atoms with van der Waals surface area (Å²) >= 11 is 0. The average molecular weight is 449 g/mol. The van der Waals surface area contributed by atoms with E-state index in [0.29, 0.717) is 32.5 Å². The second kappa shape index (κ2) is 8.22. The third-order valence-electron chi connectivity index (χ3n) is 6.42. The van der Waals surface area contributed by atoms with E-state index in [1.807, 2.05) is 25.5 Å². The van der Waals surface area contributed by atoms with Crippen molar-refractivity contribution in [1.29, 1.82) is 0 Å². The number of carbonyl (C=O) groups is 1. The predicted molar refractivity (Wildman–Crippen MR) is 111 cm³/mol. The van der Waals surface area contributed by atoms with Crippen molar-refractivity contribution in [2.75, 3.05) is 13.1 Å². The van der Waals surface area contributed by atoms with Crippen LogP contribution in [0.1, 0.15) is 59.1 Å². The first kappa shape index (κ1) is 22.3. The highest BCUT2D eigenvalue weighted by atomic mass is 19.4. The van der Waals surface area contributed by atoms with Crippen LogP contribution >= 0.6 is 0 Å². The molecule has 0 unspecified atom stereocenters. The molecule has 172 valence electrons. The van der Waals surface area contributed by atoms with Crippen molar-refractivity contribution in [2.45, 2.75) is 65.6 Å². The quantitative estimate of drug-likeness (QED) is 0.588. The van der Waals surface area contributed by atoms with Crippen LogP contribution in [0.2, 0.25) is 0 Å². The van der Waals surface area contributed by atoms with Gasteiger partial charge in [0.25, 0.3) is 5.71 Å². The molecule has 0 saturated carbocycles. The van der Waals surface area contributed by atoms with Crippen molar-refractivity contribution in [3.05, 3.63) is 40.0 Å². The van der Waals surface area contributed by atoms with Gasteiger partial charge in [-0.3, -0.25) is 9.48 Å². The number of aryl methyl sites for hydroxylation is 3. The van der Waals surface area contributed by atoms with Crippen molar-refractivity contribution < 1.29 is 22.5 Å². The minimum absolute atomic E-state index is 0.0347. The number of alkyl halides is 3. The monoisotopic (exact) mass is 449 g/mol. The number of carbonyl (C=O) groups excluding carboxylic acids is 1. The van der Waals surface area contributed by atoms with E-state index in [0.717, 1.165) is 23.0 Å². The number of aromatic nitrogens is 4. The van der Waals surface area contributed by atoms with E-state index in [-0.39, 0.29) is 40.7 Å². The molecule has 7 nitrogen and oxygen atoms in total. The molecule has 1 fully saturated rings. The molecule has 1 atom stereocenters. The number of hydrogen-bond acceptors (Lipinski definition) is 5. The van der Waals surface area contributed by atoms with Gasteiger partial charge in [0.05, 0.1) is 28.0 Å². The number of amides is 1. The summed E-state index contributed by atoms with van der Waals surface area (Å²) in [7, 11) is 0. The number of halogens is 3. The minimum atomic E-state index is -4.55. The van der Waals surface area contributed by atoms with Gasteiger partial charge in [-0.2, -0.15) is 18.3 Å². The molecule has 0 aromatic carbocycles. The van der Waals surface area contributed by atoms with Gasteiger partial charge in [0.1, 0.15) is 0 Å². The zero-order valence-corrected chi connectivity index (χ0v) is 18.6. The molecule has 32 heavy (non-hydrogen) atoms. The Hall–Kier alpha value is -2.91. The summed E-state index contributed by atoms with van der Waals surface area (Å²) in [6, 6.07) is 1.09. The maximum absolute atomic E-state index is 13.7. The Morgan fingerprint density at radius 1 is 1.22 bits per heavy atom. The standard InChI is InChI=1S/C22H26F3N5O2/c1-12-13(2)27-30(15(12)4)9-7-19(31)29-8-5-6-16(11-29)18-10-17(22(23,24)25)20-14(3)28-32-21(20)26-18/h10,16H,5-9,11H2,1-4H3/t16-/m1/s1. The summed E-state index contributed by atoms with van der Waals surface area (Å²) in [5.74, 6) is -0.327. The van der Waals surface area contributed by atoms with Crippen LogP contribution in [-0.4, -0.2) is 43.8 Å². The number of hydrogen-bond donors (Lipinski definition) is 0. The van der Waals surface area contributed by atoms with E-state index >= 15 is 0 Å². The number of piperidine rings is 1. The molecule has 0 aliphatic carbocycles. The molecule has 3 aromatic heterocycles. The zero-order valence-electron chi connectivity index (χ0n) is 18.6. The summed E-state index contributed by atoms with van der Waals surface area (Å²) < 4.78 is 47.9. The second-order valence-corrected chi connectivity index (χ2v) is 8.49. The second-order valence-electron chi connectivity index (χ2n) is 8.49. The largest absolute Gasteiger partial charge is 0.417 e. The number of rotatable bonds is 4. The third-order valence-corrected chi connectivity index (χ3v) is 6.42. The molecule has 4 heterocycles. The van der Waals surface area contributed by atoms with Gasteiger partial charge in [-0.05, 0) is 52.2 Å². The highest BCUT2D eigenvalue weighted by Crippen LogP contribution is 2.38. The Kier molecular flexibility index (Phi) is 5.72. The molecule has 0 bridgehead atoms. The molecule has 3 aromatic rings. The lowest BCUT2D eigenvalue weighted by Gasteiger charge is -2.32. The van der Waals surface area contributed by atoms with Crippen molar-refractivity contribution in [2.24, 2.45) is 0 Å². The molecule has 1 saturated heterocycles. The first-order chi connectivity index (χ1) is 15.1.